The lowest BCUT2D eigenvalue weighted by Gasteiger charge is -2.30. The molecule has 0 saturated carbocycles. The molecule has 84 valence electrons. The van der Waals surface area contributed by atoms with Gasteiger partial charge in [0.1, 0.15) is 0 Å². The van der Waals surface area contributed by atoms with Crippen molar-refractivity contribution >= 4 is 5.91 Å². The minimum absolute atomic E-state index is 0.329. The van der Waals surface area contributed by atoms with Crippen LogP contribution in [0.3, 0.4) is 0 Å². The van der Waals surface area contributed by atoms with Gasteiger partial charge in [-0.3, -0.25) is 9.89 Å². The van der Waals surface area contributed by atoms with E-state index in [0.717, 1.165) is 12.3 Å². The van der Waals surface area contributed by atoms with Gasteiger partial charge in [-0.25, -0.2) is 0 Å². The Labute approximate surface area is 83.7 Å². The van der Waals surface area contributed by atoms with E-state index in [1.54, 1.807) is 0 Å². The quantitative estimate of drug-likeness (QED) is 0.802. The molecule has 0 saturated heterocycles. The number of aromatic nitrogens is 2. The van der Waals surface area contributed by atoms with Crippen LogP contribution in [0.5, 0.6) is 0 Å². The average molecular weight is 221 g/mol. The standard InChI is InChI=1S/C8H10F3N3O/c1-2-7(6(12)15,8(9,10)11)5-3-4-13-14-5/h3-4H,2H2,1H3,(H2,12,15)(H,13,14). The summed E-state index contributed by atoms with van der Waals surface area (Å²) in [6.45, 7) is 1.25. The first-order valence-corrected chi connectivity index (χ1v) is 4.22. The number of nitrogens with zero attached hydrogens (tertiary/aromatic N) is 1. The topological polar surface area (TPSA) is 71.8 Å². The zero-order chi connectivity index (χ0) is 11.7. The summed E-state index contributed by atoms with van der Waals surface area (Å²) in [7, 11) is 0. The first-order valence-electron chi connectivity index (χ1n) is 4.22. The predicted octanol–water partition coefficient (Wildman–Crippen LogP) is 1.11. The zero-order valence-electron chi connectivity index (χ0n) is 7.93. The number of alkyl halides is 3. The third-order valence-electron chi connectivity index (χ3n) is 2.40. The van der Waals surface area contributed by atoms with E-state index in [2.05, 4.69) is 10.2 Å². The van der Waals surface area contributed by atoms with E-state index in [0.29, 0.717) is 0 Å². The smallest absolute Gasteiger partial charge is 0.369 e. The fraction of sp³-hybridized carbons (Fsp3) is 0.500. The SMILES string of the molecule is CCC(C(N)=O)(c1ccn[nH]1)C(F)(F)F. The Morgan fingerprint density at radius 2 is 2.20 bits per heavy atom. The lowest BCUT2D eigenvalue weighted by atomic mass is 9.80. The van der Waals surface area contributed by atoms with Crippen molar-refractivity contribution < 1.29 is 18.0 Å². The number of carbonyl (C=O) groups excluding carboxylic acids is 1. The van der Waals surface area contributed by atoms with Crippen LogP contribution in [0.15, 0.2) is 12.3 Å². The largest absolute Gasteiger partial charge is 0.408 e. The maximum Gasteiger partial charge on any atom is 0.408 e. The van der Waals surface area contributed by atoms with Crippen molar-refractivity contribution in [3.05, 3.63) is 18.0 Å². The molecule has 1 unspecified atom stereocenters. The molecule has 0 spiro atoms. The van der Waals surface area contributed by atoms with E-state index in [4.69, 9.17) is 5.73 Å². The van der Waals surface area contributed by atoms with Gasteiger partial charge < -0.3 is 5.73 Å². The third-order valence-corrected chi connectivity index (χ3v) is 2.40. The predicted molar refractivity (Wildman–Crippen MR) is 45.8 cm³/mol. The molecule has 1 amide bonds. The molecule has 0 aliphatic rings. The lowest BCUT2D eigenvalue weighted by Crippen LogP contribution is -2.52. The molecule has 0 aliphatic carbocycles. The number of nitrogens with two attached hydrogens (primary N) is 1. The van der Waals surface area contributed by atoms with Crippen LogP contribution in [0.25, 0.3) is 0 Å². The van der Waals surface area contributed by atoms with Gasteiger partial charge in [-0.2, -0.15) is 18.3 Å². The van der Waals surface area contributed by atoms with Gasteiger partial charge in [-0.05, 0) is 12.5 Å². The van der Waals surface area contributed by atoms with E-state index in [1.807, 2.05) is 0 Å². The van der Waals surface area contributed by atoms with Gasteiger partial charge in [0.25, 0.3) is 0 Å². The highest BCUT2D eigenvalue weighted by Crippen LogP contribution is 2.42. The Hall–Kier alpha value is -1.53. The first kappa shape index (κ1) is 11.5. The van der Waals surface area contributed by atoms with Gasteiger partial charge in [0.2, 0.25) is 5.91 Å². The number of amides is 1. The summed E-state index contributed by atoms with van der Waals surface area (Å²) in [6.07, 6.45) is -4.05. The average Bonchev–Trinajstić information content (AvgIpc) is 2.56. The second-order valence-corrected chi connectivity index (χ2v) is 3.09. The summed E-state index contributed by atoms with van der Waals surface area (Å²) in [5.74, 6) is -1.43. The summed E-state index contributed by atoms with van der Waals surface area (Å²) < 4.78 is 38.5. The van der Waals surface area contributed by atoms with Gasteiger partial charge in [0, 0.05) is 6.20 Å². The highest BCUT2D eigenvalue weighted by Gasteiger charge is 2.60. The Kier molecular flexibility index (Phi) is 2.74. The second-order valence-electron chi connectivity index (χ2n) is 3.09. The molecule has 7 heteroatoms. The Bertz CT molecular complexity index is 347. The van der Waals surface area contributed by atoms with Crippen LogP contribution in [0, 0.1) is 0 Å². The van der Waals surface area contributed by atoms with Crippen LogP contribution in [0.2, 0.25) is 0 Å². The minimum atomic E-state index is -4.74. The summed E-state index contributed by atoms with van der Waals surface area (Å²) >= 11 is 0. The van der Waals surface area contributed by atoms with Crippen LogP contribution in [0.4, 0.5) is 13.2 Å². The molecule has 3 N–H and O–H groups in total. The van der Waals surface area contributed by atoms with Gasteiger partial charge in [-0.1, -0.05) is 6.92 Å². The first-order chi connectivity index (χ1) is 6.86. The molecule has 1 aromatic heterocycles. The lowest BCUT2D eigenvalue weighted by molar-refractivity contribution is -0.195. The number of halogens is 3. The number of hydrogen-bond acceptors (Lipinski definition) is 2. The van der Waals surface area contributed by atoms with Crippen molar-refractivity contribution in [2.24, 2.45) is 5.73 Å². The molecule has 4 nitrogen and oxygen atoms in total. The van der Waals surface area contributed by atoms with Crippen molar-refractivity contribution in [3.63, 3.8) is 0 Å². The second kappa shape index (κ2) is 3.56. The van der Waals surface area contributed by atoms with Crippen LogP contribution in [-0.2, 0) is 10.2 Å². The Balaban J connectivity index is 3.36. The van der Waals surface area contributed by atoms with Crippen LogP contribution in [-0.4, -0.2) is 22.3 Å². The number of nitrogens with one attached hydrogen (secondary N) is 1. The highest BCUT2D eigenvalue weighted by molar-refractivity contribution is 5.87. The molecule has 1 aromatic rings. The number of primary amides is 1. The van der Waals surface area contributed by atoms with Crippen LogP contribution in [0.1, 0.15) is 19.0 Å². The summed E-state index contributed by atoms with van der Waals surface area (Å²) in [6, 6.07) is 1.10. The van der Waals surface area contributed by atoms with Gasteiger partial charge in [0.15, 0.2) is 5.41 Å². The molecule has 15 heavy (non-hydrogen) atoms. The molecular formula is C8H10F3N3O. The van der Waals surface area contributed by atoms with Crippen molar-refractivity contribution in [3.8, 4) is 0 Å². The van der Waals surface area contributed by atoms with E-state index in [1.165, 1.54) is 6.92 Å². The van der Waals surface area contributed by atoms with Crippen molar-refractivity contribution in [1.82, 2.24) is 10.2 Å². The highest BCUT2D eigenvalue weighted by atomic mass is 19.4. The molecule has 0 radical (unpaired) electrons. The molecule has 1 heterocycles. The Morgan fingerprint density at radius 1 is 1.60 bits per heavy atom. The maximum atomic E-state index is 12.8. The number of hydrogen-bond donors (Lipinski definition) is 2. The molecule has 0 bridgehead atoms. The summed E-state index contributed by atoms with van der Waals surface area (Å²) in [4.78, 5) is 11.1. The molecule has 1 atom stereocenters. The molecular weight excluding hydrogens is 211 g/mol. The maximum absolute atomic E-state index is 12.8. The Morgan fingerprint density at radius 3 is 2.47 bits per heavy atom. The van der Waals surface area contributed by atoms with Crippen molar-refractivity contribution in [2.75, 3.05) is 0 Å². The van der Waals surface area contributed by atoms with Crippen LogP contribution < -0.4 is 5.73 Å². The van der Waals surface area contributed by atoms with Crippen molar-refractivity contribution in [2.45, 2.75) is 24.9 Å². The third kappa shape index (κ3) is 1.57. The minimum Gasteiger partial charge on any atom is -0.369 e. The fourth-order valence-corrected chi connectivity index (χ4v) is 1.48. The van der Waals surface area contributed by atoms with E-state index in [9.17, 15) is 18.0 Å². The van der Waals surface area contributed by atoms with Crippen LogP contribution >= 0.6 is 0 Å². The fourth-order valence-electron chi connectivity index (χ4n) is 1.48. The number of rotatable bonds is 3. The molecule has 0 fully saturated rings. The van der Waals surface area contributed by atoms with Gasteiger partial charge >= 0.3 is 6.18 Å². The van der Waals surface area contributed by atoms with Gasteiger partial charge in [-0.15, -0.1) is 0 Å². The van der Waals surface area contributed by atoms with E-state index < -0.39 is 23.9 Å². The monoisotopic (exact) mass is 221 g/mol. The number of H-pyrrole nitrogens is 1. The number of aromatic amines is 1. The number of carbonyl (C=O) groups is 1. The normalized spacial score (nSPS) is 16.0. The van der Waals surface area contributed by atoms with Gasteiger partial charge in [0.05, 0.1) is 5.69 Å². The molecule has 1 rings (SSSR count). The molecule has 0 aliphatic heterocycles. The zero-order valence-corrected chi connectivity index (χ0v) is 7.93. The summed E-state index contributed by atoms with van der Waals surface area (Å²) in [5, 5.41) is 5.55. The van der Waals surface area contributed by atoms with Crippen molar-refractivity contribution in [1.29, 1.82) is 0 Å². The summed E-state index contributed by atoms with van der Waals surface area (Å²) in [5.41, 5.74) is 1.85. The molecule has 0 aromatic carbocycles. The van der Waals surface area contributed by atoms with E-state index >= 15 is 0 Å². The van der Waals surface area contributed by atoms with E-state index in [-0.39, 0.29) is 5.69 Å².